The molecule has 0 bridgehead atoms. The zero-order valence-electron chi connectivity index (χ0n) is 14.9. The highest BCUT2D eigenvalue weighted by molar-refractivity contribution is 6.21. The minimum atomic E-state index is -0.531. The van der Waals surface area contributed by atoms with E-state index in [9.17, 15) is 14.4 Å². The molecule has 2 aromatic rings. The molecule has 1 atom stereocenters. The van der Waals surface area contributed by atoms with Gasteiger partial charge in [-0.2, -0.15) is 0 Å². The Balaban J connectivity index is 1.75. The van der Waals surface area contributed by atoms with Gasteiger partial charge in [0.25, 0.3) is 11.8 Å². The molecular weight excluding hydrogens is 330 g/mol. The quantitative estimate of drug-likeness (QED) is 0.567. The maximum Gasteiger partial charge on any atom is 0.261 e. The highest BCUT2D eigenvalue weighted by Crippen LogP contribution is 2.25. The van der Waals surface area contributed by atoms with Gasteiger partial charge in [0.15, 0.2) is 5.78 Å². The van der Waals surface area contributed by atoms with E-state index in [0.29, 0.717) is 23.3 Å². The topological polar surface area (TPSA) is 63.7 Å². The van der Waals surface area contributed by atoms with Crippen molar-refractivity contribution in [1.82, 2.24) is 4.90 Å². The van der Waals surface area contributed by atoms with Crippen LogP contribution in [0.1, 0.15) is 50.0 Å². The minimum Gasteiger partial charge on any atom is -0.376 e. The van der Waals surface area contributed by atoms with Gasteiger partial charge in [0.05, 0.1) is 23.8 Å². The van der Waals surface area contributed by atoms with Crippen molar-refractivity contribution in [2.45, 2.75) is 26.4 Å². The molecule has 0 aliphatic carbocycles. The summed E-state index contributed by atoms with van der Waals surface area (Å²) in [7, 11) is 0. The highest BCUT2D eigenvalue weighted by Gasteiger charge is 2.37. The van der Waals surface area contributed by atoms with Crippen LogP contribution in [0, 0.1) is 6.92 Å². The SMILES string of the molecule is CCOC(CC(=O)c1ccccc1)CN1C(=O)c2ccc(C)cc2C1=O. The molecule has 1 heterocycles. The molecule has 1 aliphatic heterocycles. The summed E-state index contributed by atoms with van der Waals surface area (Å²) in [4.78, 5) is 38.8. The molecule has 0 aromatic heterocycles. The molecule has 5 heteroatoms. The van der Waals surface area contributed by atoms with E-state index >= 15 is 0 Å². The van der Waals surface area contributed by atoms with Gasteiger partial charge in [-0.25, -0.2) is 0 Å². The van der Waals surface area contributed by atoms with Crippen LogP contribution < -0.4 is 0 Å². The number of carbonyl (C=O) groups excluding carboxylic acids is 3. The molecule has 2 aromatic carbocycles. The van der Waals surface area contributed by atoms with Gasteiger partial charge in [0.1, 0.15) is 0 Å². The number of ketones is 1. The van der Waals surface area contributed by atoms with Crippen LogP contribution in [0.3, 0.4) is 0 Å². The molecule has 0 spiro atoms. The third-order valence-corrected chi connectivity index (χ3v) is 4.42. The number of fused-ring (bicyclic) bond motifs is 1. The lowest BCUT2D eigenvalue weighted by Gasteiger charge is -2.22. The Morgan fingerprint density at radius 1 is 1.04 bits per heavy atom. The zero-order valence-corrected chi connectivity index (χ0v) is 14.9. The summed E-state index contributed by atoms with van der Waals surface area (Å²) < 4.78 is 5.65. The summed E-state index contributed by atoms with van der Waals surface area (Å²) >= 11 is 0. The number of imide groups is 1. The van der Waals surface area contributed by atoms with Gasteiger partial charge >= 0.3 is 0 Å². The summed E-state index contributed by atoms with van der Waals surface area (Å²) in [5, 5.41) is 0. The van der Waals surface area contributed by atoms with Gasteiger partial charge in [-0.05, 0) is 26.0 Å². The third kappa shape index (κ3) is 3.58. The van der Waals surface area contributed by atoms with E-state index in [1.165, 1.54) is 4.90 Å². The summed E-state index contributed by atoms with van der Waals surface area (Å²) in [6, 6.07) is 14.2. The van der Waals surface area contributed by atoms with Gasteiger partial charge in [0, 0.05) is 18.6 Å². The maximum atomic E-state index is 12.6. The number of hydrogen-bond donors (Lipinski definition) is 0. The monoisotopic (exact) mass is 351 g/mol. The Hall–Kier alpha value is -2.79. The number of hydrogen-bond acceptors (Lipinski definition) is 4. The number of aryl methyl sites for hydroxylation is 1. The Morgan fingerprint density at radius 2 is 1.73 bits per heavy atom. The molecule has 0 radical (unpaired) electrons. The second-order valence-corrected chi connectivity index (χ2v) is 6.34. The van der Waals surface area contributed by atoms with Crippen LogP contribution in [0.25, 0.3) is 0 Å². The van der Waals surface area contributed by atoms with Crippen molar-refractivity contribution < 1.29 is 19.1 Å². The van der Waals surface area contributed by atoms with Gasteiger partial charge in [-0.15, -0.1) is 0 Å². The summed E-state index contributed by atoms with van der Waals surface area (Å²) in [5.41, 5.74) is 2.34. The van der Waals surface area contributed by atoms with Crippen LogP contribution in [0.15, 0.2) is 48.5 Å². The van der Waals surface area contributed by atoms with E-state index in [1.54, 1.807) is 36.4 Å². The first-order valence-electron chi connectivity index (χ1n) is 8.68. The molecule has 0 saturated carbocycles. The average Bonchev–Trinajstić information content (AvgIpc) is 2.87. The molecule has 0 N–H and O–H groups in total. The predicted octanol–water partition coefficient (Wildman–Crippen LogP) is 3.27. The molecule has 5 nitrogen and oxygen atoms in total. The number of rotatable bonds is 7. The fourth-order valence-corrected chi connectivity index (χ4v) is 3.13. The van der Waals surface area contributed by atoms with Gasteiger partial charge in [-0.1, -0.05) is 42.0 Å². The summed E-state index contributed by atoms with van der Waals surface area (Å²) in [6.07, 6.45) is -0.416. The molecular formula is C21H21NO4. The first-order chi connectivity index (χ1) is 12.5. The van der Waals surface area contributed by atoms with E-state index in [4.69, 9.17) is 4.74 Å². The lowest BCUT2D eigenvalue weighted by atomic mass is 10.0. The Bertz CT molecular complexity index is 844. The third-order valence-electron chi connectivity index (χ3n) is 4.42. The molecule has 26 heavy (non-hydrogen) atoms. The fraction of sp³-hybridized carbons (Fsp3) is 0.286. The fourth-order valence-electron chi connectivity index (χ4n) is 3.13. The van der Waals surface area contributed by atoms with Crippen molar-refractivity contribution in [3.05, 3.63) is 70.8 Å². The Kier molecular flexibility index (Phi) is 5.28. The molecule has 0 fully saturated rings. The molecule has 1 unspecified atom stereocenters. The number of carbonyl (C=O) groups is 3. The first kappa shape index (κ1) is 18.0. The standard InChI is InChI=1S/C21H21NO4/c1-3-26-16(12-19(23)15-7-5-4-6-8-15)13-22-20(24)17-10-9-14(2)11-18(17)21(22)25/h4-11,16H,3,12-13H2,1-2H3. The highest BCUT2D eigenvalue weighted by atomic mass is 16.5. The molecule has 0 saturated heterocycles. The second kappa shape index (κ2) is 7.62. The van der Waals surface area contributed by atoms with Crippen molar-refractivity contribution in [2.24, 2.45) is 0 Å². The number of Topliss-reactive ketones (excluding diaryl/α,β-unsaturated/α-hetero) is 1. The first-order valence-corrected chi connectivity index (χ1v) is 8.68. The lowest BCUT2D eigenvalue weighted by Crippen LogP contribution is -2.39. The summed E-state index contributed by atoms with van der Waals surface area (Å²) in [5.74, 6) is -0.732. The minimum absolute atomic E-state index is 0.0673. The Morgan fingerprint density at radius 3 is 2.42 bits per heavy atom. The van der Waals surface area contributed by atoms with E-state index in [0.717, 1.165) is 5.56 Å². The normalized spacial score (nSPS) is 14.5. The van der Waals surface area contributed by atoms with Crippen LogP contribution in [-0.2, 0) is 4.74 Å². The van der Waals surface area contributed by atoms with Crippen molar-refractivity contribution >= 4 is 17.6 Å². The zero-order chi connectivity index (χ0) is 18.7. The molecule has 3 rings (SSSR count). The molecule has 1 aliphatic rings. The van der Waals surface area contributed by atoms with Crippen LogP contribution in [-0.4, -0.2) is 41.8 Å². The number of amides is 2. The van der Waals surface area contributed by atoms with Crippen molar-refractivity contribution in [2.75, 3.05) is 13.2 Å². The van der Waals surface area contributed by atoms with Crippen LogP contribution in [0.5, 0.6) is 0 Å². The molecule has 2 amide bonds. The Labute approximate surface area is 152 Å². The van der Waals surface area contributed by atoms with E-state index < -0.39 is 6.10 Å². The van der Waals surface area contributed by atoms with Crippen molar-refractivity contribution in [3.8, 4) is 0 Å². The van der Waals surface area contributed by atoms with Crippen LogP contribution in [0.4, 0.5) is 0 Å². The van der Waals surface area contributed by atoms with Gasteiger partial charge in [0.2, 0.25) is 0 Å². The summed E-state index contributed by atoms with van der Waals surface area (Å²) in [6.45, 7) is 4.17. The average molecular weight is 351 g/mol. The number of benzene rings is 2. The smallest absolute Gasteiger partial charge is 0.261 e. The van der Waals surface area contributed by atoms with Crippen LogP contribution in [0.2, 0.25) is 0 Å². The van der Waals surface area contributed by atoms with Gasteiger partial charge in [-0.3, -0.25) is 19.3 Å². The van der Waals surface area contributed by atoms with Crippen molar-refractivity contribution in [3.63, 3.8) is 0 Å². The molecule has 134 valence electrons. The number of ether oxygens (including phenoxy) is 1. The van der Waals surface area contributed by atoms with Gasteiger partial charge < -0.3 is 4.74 Å². The van der Waals surface area contributed by atoms with E-state index in [1.807, 2.05) is 26.0 Å². The predicted molar refractivity (Wildman–Crippen MR) is 97.3 cm³/mol. The second-order valence-electron chi connectivity index (χ2n) is 6.34. The number of nitrogens with zero attached hydrogens (tertiary/aromatic N) is 1. The van der Waals surface area contributed by atoms with Crippen molar-refractivity contribution in [1.29, 1.82) is 0 Å². The van der Waals surface area contributed by atoms with E-state index in [2.05, 4.69) is 0 Å². The van der Waals surface area contributed by atoms with E-state index in [-0.39, 0.29) is 30.6 Å². The lowest BCUT2D eigenvalue weighted by molar-refractivity contribution is 0.0256. The maximum absolute atomic E-state index is 12.6. The largest absolute Gasteiger partial charge is 0.376 e. The van der Waals surface area contributed by atoms with Crippen LogP contribution >= 0.6 is 0 Å².